The maximum atomic E-state index is 14.3. The van der Waals surface area contributed by atoms with Gasteiger partial charge in [0.2, 0.25) is 0 Å². The van der Waals surface area contributed by atoms with Gasteiger partial charge in [-0.15, -0.1) is 0 Å². The molecule has 0 spiro atoms. The van der Waals surface area contributed by atoms with E-state index >= 15 is 0 Å². The molecular weight excluding hydrogens is 381 g/mol. The van der Waals surface area contributed by atoms with Gasteiger partial charge in [-0.05, 0) is 61.7 Å². The number of carbonyl (C=O) groups is 1. The summed E-state index contributed by atoms with van der Waals surface area (Å²) in [5.74, 6) is 0.586. The summed E-state index contributed by atoms with van der Waals surface area (Å²) in [6.07, 6.45) is 7.45. The lowest BCUT2D eigenvalue weighted by molar-refractivity contribution is -0.113. The first-order chi connectivity index (χ1) is 14.6. The summed E-state index contributed by atoms with van der Waals surface area (Å²) >= 11 is 0. The van der Waals surface area contributed by atoms with Gasteiger partial charge in [0, 0.05) is 44.0 Å². The van der Waals surface area contributed by atoms with E-state index in [-0.39, 0.29) is 17.2 Å². The van der Waals surface area contributed by atoms with Crippen molar-refractivity contribution in [1.29, 1.82) is 0 Å². The van der Waals surface area contributed by atoms with Gasteiger partial charge in [-0.1, -0.05) is 0 Å². The fourth-order valence-electron chi connectivity index (χ4n) is 4.22. The van der Waals surface area contributed by atoms with E-state index in [2.05, 4.69) is 15.2 Å². The molecule has 5 rings (SSSR count). The topological polar surface area (TPSA) is 62.5 Å². The molecule has 3 aromatic heterocycles. The highest BCUT2D eigenvalue weighted by Crippen LogP contribution is 2.28. The SMILES string of the molecule is Cc1cc(F)c2nc(C3=Cc4ccc(N5CCCNCC5)nc4CCC3=O)cn2c1. The van der Waals surface area contributed by atoms with Crippen LogP contribution in [0.25, 0.3) is 17.3 Å². The molecule has 0 atom stereocenters. The molecule has 1 fully saturated rings. The van der Waals surface area contributed by atoms with Crippen LogP contribution in [0.1, 0.15) is 35.4 Å². The second-order valence-corrected chi connectivity index (χ2v) is 8.00. The van der Waals surface area contributed by atoms with Crippen LogP contribution in [0.3, 0.4) is 0 Å². The average Bonchev–Trinajstić information content (AvgIpc) is 2.89. The number of pyridine rings is 2. The molecule has 2 aliphatic rings. The molecule has 0 saturated carbocycles. The number of nitrogens with one attached hydrogen (secondary N) is 1. The van der Waals surface area contributed by atoms with E-state index in [1.54, 1.807) is 10.6 Å². The smallest absolute Gasteiger partial charge is 0.173 e. The molecule has 1 aliphatic carbocycles. The van der Waals surface area contributed by atoms with Gasteiger partial charge in [-0.3, -0.25) is 4.79 Å². The number of halogens is 1. The molecule has 0 aromatic carbocycles. The number of nitrogens with zero attached hydrogens (tertiary/aromatic N) is 4. The van der Waals surface area contributed by atoms with Crippen LogP contribution in [0.15, 0.2) is 30.6 Å². The molecule has 30 heavy (non-hydrogen) atoms. The Hall–Kier alpha value is -3.06. The third-order valence-corrected chi connectivity index (χ3v) is 5.77. The number of imidazole rings is 1. The maximum absolute atomic E-state index is 14.3. The summed E-state index contributed by atoms with van der Waals surface area (Å²) in [4.78, 5) is 24.5. The van der Waals surface area contributed by atoms with Crippen LogP contribution in [0.5, 0.6) is 0 Å². The summed E-state index contributed by atoms with van der Waals surface area (Å²) in [7, 11) is 0. The van der Waals surface area contributed by atoms with Crippen LogP contribution in [-0.2, 0) is 11.2 Å². The Morgan fingerprint density at radius 1 is 1.10 bits per heavy atom. The number of aromatic nitrogens is 3. The number of rotatable bonds is 2. The third kappa shape index (κ3) is 3.50. The molecule has 1 aliphatic heterocycles. The molecule has 0 unspecified atom stereocenters. The van der Waals surface area contributed by atoms with Gasteiger partial charge < -0.3 is 14.6 Å². The number of hydrogen-bond acceptors (Lipinski definition) is 5. The highest BCUT2D eigenvalue weighted by molar-refractivity contribution is 6.25. The highest BCUT2D eigenvalue weighted by Gasteiger charge is 2.22. The molecule has 3 aromatic rings. The number of ketones is 1. The van der Waals surface area contributed by atoms with Crippen molar-refractivity contribution in [1.82, 2.24) is 19.7 Å². The number of carbonyl (C=O) groups excluding carboxylic acids is 1. The molecule has 0 amide bonds. The minimum atomic E-state index is -0.387. The lowest BCUT2D eigenvalue weighted by Gasteiger charge is -2.22. The Balaban J connectivity index is 1.53. The fraction of sp³-hybridized carbons (Fsp3) is 0.348. The second kappa shape index (κ2) is 7.65. The first kappa shape index (κ1) is 18.9. The third-order valence-electron chi connectivity index (χ3n) is 5.77. The van der Waals surface area contributed by atoms with Crippen molar-refractivity contribution < 1.29 is 9.18 Å². The zero-order valence-corrected chi connectivity index (χ0v) is 17.0. The van der Waals surface area contributed by atoms with Crippen LogP contribution in [0, 0.1) is 12.7 Å². The van der Waals surface area contributed by atoms with Gasteiger partial charge in [-0.2, -0.15) is 0 Å². The van der Waals surface area contributed by atoms with Gasteiger partial charge in [0.1, 0.15) is 5.82 Å². The van der Waals surface area contributed by atoms with Crippen molar-refractivity contribution >= 4 is 28.9 Å². The normalized spacial score (nSPS) is 17.5. The summed E-state index contributed by atoms with van der Waals surface area (Å²) < 4.78 is 15.9. The van der Waals surface area contributed by atoms with Gasteiger partial charge in [0.25, 0.3) is 0 Å². The first-order valence-electron chi connectivity index (χ1n) is 10.4. The maximum Gasteiger partial charge on any atom is 0.173 e. The van der Waals surface area contributed by atoms with Gasteiger partial charge in [0.15, 0.2) is 17.2 Å². The van der Waals surface area contributed by atoms with Crippen LogP contribution in [0.4, 0.5) is 10.2 Å². The minimum absolute atomic E-state index is 0.00839. The molecule has 6 nitrogen and oxygen atoms in total. The summed E-state index contributed by atoms with van der Waals surface area (Å²) in [5.41, 5.74) is 3.91. The molecule has 1 N–H and O–H groups in total. The Labute approximate surface area is 174 Å². The highest BCUT2D eigenvalue weighted by atomic mass is 19.1. The molecule has 0 radical (unpaired) electrons. The molecule has 154 valence electrons. The summed E-state index contributed by atoms with van der Waals surface area (Å²) in [6, 6.07) is 5.52. The number of hydrogen-bond donors (Lipinski definition) is 1. The van der Waals surface area contributed by atoms with Crippen LogP contribution >= 0.6 is 0 Å². The fourth-order valence-corrected chi connectivity index (χ4v) is 4.22. The largest absolute Gasteiger partial charge is 0.355 e. The predicted octanol–water partition coefficient (Wildman–Crippen LogP) is 3.03. The Kier molecular flexibility index (Phi) is 4.83. The standard InChI is InChI=1S/C23H24FN5O/c1-15-11-18(24)23-27-20(14-29(23)13-15)17-12-16-3-6-22(26-19(16)4-5-21(17)30)28-9-2-7-25-8-10-28/h3,6,11-14,25H,2,4-5,7-10H2,1H3. The monoisotopic (exact) mass is 405 g/mol. The predicted molar refractivity (Wildman–Crippen MR) is 115 cm³/mol. The molecular formula is C23H24FN5O. The van der Waals surface area contributed by atoms with Crippen molar-refractivity contribution in [2.75, 3.05) is 31.1 Å². The molecule has 0 bridgehead atoms. The van der Waals surface area contributed by atoms with Crippen molar-refractivity contribution in [3.8, 4) is 0 Å². The van der Waals surface area contributed by atoms with Crippen molar-refractivity contribution in [3.63, 3.8) is 0 Å². The summed E-state index contributed by atoms with van der Waals surface area (Å²) in [6.45, 7) is 5.72. The Morgan fingerprint density at radius 2 is 2.00 bits per heavy atom. The van der Waals surface area contributed by atoms with E-state index in [1.807, 2.05) is 31.3 Å². The molecule has 4 heterocycles. The van der Waals surface area contributed by atoms with Crippen molar-refractivity contribution in [3.05, 3.63) is 58.9 Å². The number of fused-ring (bicyclic) bond motifs is 2. The zero-order valence-electron chi connectivity index (χ0n) is 17.0. The number of anilines is 1. The van der Waals surface area contributed by atoms with E-state index in [4.69, 9.17) is 4.98 Å². The zero-order chi connectivity index (χ0) is 20.7. The van der Waals surface area contributed by atoms with E-state index < -0.39 is 0 Å². The number of aryl methyl sites for hydroxylation is 2. The molecule has 1 saturated heterocycles. The van der Waals surface area contributed by atoms with Crippen LogP contribution in [0.2, 0.25) is 0 Å². The quantitative estimate of drug-likeness (QED) is 0.710. The summed E-state index contributed by atoms with van der Waals surface area (Å²) in [5, 5.41) is 3.41. The second-order valence-electron chi connectivity index (χ2n) is 8.00. The average molecular weight is 405 g/mol. The van der Waals surface area contributed by atoms with Gasteiger partial charge in [-0.25, -0.2) is 14.4 Å². The van der Waals surface area contributed by atoms with Crippen LogP contribution < -0.4 is 10.2 Å². The van der Waals surface area contributed by atoms with Crippen molar-refractivity contribution in [2.45, 2.75) is 26.2 Å². The first-order valence-corrected chi connectivity index (χ1v) is 10.4. The van der Waals surface area contributed by atoms with Crippen molar-refractivity contribution in [2.24, 2.45) is 0 Å². The Bertz CT molecular complexity index is 1160. The Morgan fingerprint density at radius 3 is 2.90 bits per heavy atom. The van der Waals surface area contributed by atoms with E-state index in [1.165, 1.54) is 6.07 Å². The van der Waals surface area contributed by atoms with E-state index in [0.717, 1.165) is 55.2 Å². The number of Topliss-reactive ketones (excluding diaryl/α,β-unsaturated/α-hetero) is 1. The van der Waals surface area contributed by atoms with Crippen LogP contribution in [-0.4, -0.2) is 46.3 Å². The van der Waals surface area contributed by atoms with Gasteiger partial charge in [0.05, 0.1) is 11.4 Å². The minimum Gasteiger partial charge on any atom is -0.355 e. The molecule has 7 heteroatoms. The lowest BCUT2D eigenvalue weighted by atomic mass is 10.1. The lowest BCUT2D eigenvalue weighted by Crippen LogP contribution is -2.28. The van der Waals surface area contributed by atoms with Gasteiger partial charge >= 0.3 is 0 Å². The van der Waals surface area contributed by atoms with E-state index in [9.17, 15) is 9.18 Å². The number of allylic oxidation sites excluding steroid dienone is 1. The van der Waals surface area contributed by atoms with E-state index in [0.29, 0.717) is 24.1 Å².